The second kappa shape index (κ2) is 6.25. The van der Waals surface area contributed by atoms with Crippen molar-refractivity contribution in [1.29, 1.82) is 0 Å². The van der Waals surface area contributed by atoms with Crippen molar-refractivity contribution in [2.45, 2.75) is 18.9 Å². The van der Waals surface area contributed by atoms with E-state index in [1.807, 2.05) is 0 Å². The van der Waals surface area contributed by atoms with Crippen LogP contribution in [0.5, 0.6) is 5.75 Å². The number of benzene rings is 1. The lowest BCUT2D eigenvalue weighted by Crippen LogP contribution is -2.14. The second-order valence-electron chi connectivity index (χ2n) is 2.94. The van der Waals surface area contributed by atoms with Crippen molar-refractivity contribution >= 4 is 28.3 Å². The third kappa shape index (κ3) is 4.32. The highest BCUT2D eigenvalue weighted by molar-refractivity contribution is 9.10. The molecule has 1 aromatic rings. The van der Waals surface area contributed by atoms with E-state index in [0.29, 0.717) is 10.0 Å². The summed E-state index contributed by atoms with van der Waals surface area (Å²) in [6, 6.07) is 3.66. The Morgan fingerprint density at radius 2 is 2.00 bits per heavy atom. The van der Waals surface area contributed by atoms with Crippen LogP contribution in [0.2, 0.25) is 0 Å². The highest BCUT2D eigenvalue weighted by atomic mass is 79.9. The maximum atomic E-state index is 12.0. The zero-order valence-corrected chi connectivity index (χ0v) is 10.1. The molecule has 0 heterocycles. The summed E-state index contributed by atoms with van der Waals surface area (Å²) < 4.78 is 24.7. The lowest BCUT2D eigenvalue weighted by atomic mass is 10.0. The molecule has 1 aromatic carbocycles. The van der Waals surface area contributed by atoms with Crippen molar-refractivity contribution in [3.8, 4) is 5.75 Å². The molecule has 0 radical (unpaired) electrons. The van der Waals surface area contributed by atoms with E-state index in [1.165, 1.54) is 12.1 Å². The maximum Gasteiger partial charge on any atom is 0.240 e. The predicted molar refractivity (Wildman–Crippen MR) is 60.6 cm³/mol. The zero-order chi connectivity index (χ0) is 10.7. The van der Waals surface area contributed by atoms with Gasteiger partial charge in [0.2, 0.25) is 6.43 Å². The van der Waals surface area contributed by atoms with E-state index in [2.05, 4.69) is 15.9 Å². The lowest BCUT2D eigenvalue weighted by molar-refractivity contribution is 0.128. The van der Waals surface area contributed by atoms with E-state index in [9.17, 15) is 8.78 Å². The fraction of sp³-hybridized carbons (Fsp3) is 0.333. The number of phenols is 1. The van der Waals surface area contributed by atoms with Crippen molar-refractivity contribution in [2.24, 2.45) is 5.73 Å². The molecule has 0 spiro atoms. The van der Waals surface area contributed by atoms with Crippen LogP contribution in [0.25, 0.3) is 0 Å². The number of halogens is 4. The highest BCUT2D eigenvalue weighted by Crippen LogP contribution is 2.28. The van der Waals surface area contributed by atoms with Gasteiger partial charge < -0.3 is 10.8 Å². The molecule has 15 heavy (non-hydrogen) atoms. The van der Waals surface area contributed by atoms with Crippen LogP contribution in [0.4, 0.5) is 8.78 Å². The SMILES string of the molecule is Cl.N[C@H](CC(F)F)c1cc(O)ccc1Br. The summed E-state index contributed by atoms with van der Waals surface area (Å²) in [6.45, 7) is 0. The van der Waals surface area contributed by atoms with Gasteiger partial charge in [0.05, 0.1) is 0 Å². The van der Waals surface area contributed by atoms with Gasteiger partial charge in [-0.3, -0.25) is 0 Å². The molecule has 0 aromatic heterocycles. The number of rotatable bonds is 3. The van der Waals surface area contributed by atoms with E-state index in [4.69, 9.17) is 10.8 Å². The summed E-state index contributed by atoms with van der Waals surface area (Å²) in [7, 11) is 0. The van der Waals surface area contributed by atoms with Crippen LogP contribution in [0.1, 0.15) is 18.0 Å². The Balaban J connectivity index is 0.00000196. The molecule has 0 unspecified atom stereocenters. The molecule has 0 aliphatic carbocycles. The van der Waals surface area contributed by atoms with E-state index in [1.54, 1.807) is 6.07 Å². The Labute approximate surface area is 101 Å². The normalized spacial score (nSPS) is 12.3. The van der Waals surface area contributed by atoms with Crippen molar-refractivity contribution < 1.29 is 13.9 Å². The third-order valence-electron chi connectivity index (χ3n) is 1.81. The molecule has 1 atom stereocenters. The van der Waals surface area contributed by atoms with Crippen molar-refractivity contribution in [1.82, 2.24) is 0 Å². The number of nitrogens with two attached hydrogens (primary N) is 1. The molecule has 86 valence electrons. The smallest absolute Gasteiger partial charge is 0.240 e. The average Bonchev–Trinajstić information content (AvgIpc) is 2.08. The minimum absolute atomic E-state index is 0. The van der Waals surface area contributed by atoms with Crippen molar-refractivity contribution in [3.63, 3.8) is 0 Å². The fourth-order valence-corrected chi connectivity index (χ4v) is 1.67. The highest BCUT2D eigenvalue weighted by Gasteiger charge is 2.15. The van der Waals surface area contributed by atoms with Crippen LogP contribution in [-0.2, 0) is 0 Å². The first kappa shape index (κ1) is 14.6. The van der Waals surface area contributed by atoms with E-state index < -0.39 is 18.9 Å². The molecule has 6 heteroatoms. The number of hydrogen-bond acceptors (Lipinski definition) is 2. The molecule has 0 saturated carbocycles. The summed E-state index contributed by atoms with van der Waals surface area (Å²) in [4.78, 5) is 0. The average molecular weight is 303 g/mol. The number of phenolic OH excluding ortho intramolecular Hbond substituents is 1. The molecular formula is C9H11BrClF2NO. The maximum absolute atomic E-state index is 12.0. The van der Waals surface area contributed by atoms with E-state index in [0.717, 1.165) is 0 Å². The molecular weight excluding hydrogens is 291 g/mol. The number of alkyl halides is 2. The standard InChI is InChI=1S/C9H10BrF2NO.ClH/c10-7-2-1-5(14)3-6(7)8(13)4-9(11)12;/h1-3,8-9,14H,4,13H2;1H/t8-;/m1./s1. The molecule has 0 aliphatic rings. The van der Waals surface area contributed by atoms with Crippen LogP contribution in [0, 0.1) is 0 Å². The summed E-state index contributed by atoms with van der Waals surface area (Å²) in [5.74, 6) is 0.0212. The van der Waals surface area contributed by atoms with Gasteiger partial charge in [-0.25, -0.2) is 8.78 Å². The van der Waals surface area contributed by atoms with Gasteiger partial charge in [0.15, 0.2) is 0 Å². The fourth-order valence-electron chi connectivity index (χ4n) is 1.13. The summed E-state index contributed by atoms with van der Waals surface area (Å²) in [5, 5.41) is 9.16. The Morgan fingerprint density at radius 1 is 1.40 bits per heavy atom. The van der Waals surface area contributed by atoms with Crippen molar-refractivity contribution in [3.05, 3.63) is 28.2 Å². The summed E-state index contributed by atoms with van der Waals surface area (Å²) in [6.07, 6.45) is -2.86. The van der Waals surface area contributed by atoms with Gasteiger partial charge in [0.1, 0.15) is 5.75 Å². The largest absolute Gasteiger partial charge is 0.508 e. The summed E-state index contributed by atoms with van der Waals surface area (Å²) >= 11 is 3.18. The molecule has 2 nitrogen and oxygen atoms in total. The minimum Gasteiger partial charge on any atom is -0.508 e. The Bertz CT molecular complexity index is 325. The van der Waals surface area contributed by atoms with Gasteiger partial charge in [0.25, 0.3) is 0 Å². The van der Waals surface area contributed by atoms with Crippen LogP contribution in [0.3, 0.4) is 0 Å². The first-order valence-corrected chi connectivity index (χ1v) is 4.82. The molecule has 0 aliphatic heterocycles. The van der Waals surface area contributed by atoms with Crippen LogP contribution >= 0.6 is 28.3 Å². The molecule has 1 rings (SSSR count). The van der Waals surface area contributed by atoms with Gasteiger partial charge in [-0.1, -0.05) is 15.9 Å². The van der Waals surface area contributed by atoms with Gasteiger partial charge in [-0.15, -0.1) is 12.4 Å². The quantitative estimate of drug-likeness (QED) is 0.900. The van der Waals surface area contributed by atoms with Gasteiger partial charge in [-0.05, 0) is 23.8 Å². The Morgan fingerprint density at radius 3 is 2.53 bits per heavy atom. The lowest BCUT2D eigenvalue weighted by Gasteiger charge is -2.13. The predicted octanol–water partition coefficient (Wildman–Crippen LogP) is 3.23. The van der Waals surface area contributed by atoms with E-state index >= 15 is 0 Å². The van der Waals surface area contributed by atoms with Gasteiger partial charge in [-0.2, -0.15) is 0 Å². The van der Waals surface area contributed by atoms with Gasteiger partial charge >= 0.3 is 0 Å². The number of hydrogen-bond donors (Lipinski definition) is 2. The Hall–Kier alpha value is -0.390. The van der Waals surface area contributed by atoms with Crippen LogP contribution < -0.4 is 5.73 Å². The minimum atomic E-state index is -2.45. The molecule has 0 fully saturated rings. The first-order valence-electron chi connectivity index (χ1n) is 4.03. The van der Waals surface area contributed by atoms with Crippen LogP contribution in [-0.4, -0.2) is 11.5 Å². The topological polar surface area (TPSA) is 46.2 Å². The monoisotopic (exact) mass is 301 g/mol. The zero-order valence-electron chi connectivity index (χ0n) is 7.66. The van der Waals surface area contributed by atoms with Crippen molar-refractivity contribution in [2.75, 3.05) is 0 Å². The van der Waals surface area contributed by atoms with E-state index in [-0.39, 0.29) is 18.2 Å². The number of aromatic hydroxyl groups is 1. The summed E-state index contributed by atoms with van der Waals surface area (Å²) in [5.41, 5.74) is 6.04. The first-order chi connectivity index (χ1) is 6.50. The molecule has 0 bridgehead atoms. The van der Waals surface area contributed by atoms with Gasteiger partial charge in [0, 0.05) is 16.9 Å². The molecule has 3 N–H and O–H groups in total. The van der Waals surface area contributed by atoms with Crippen LogP contribution in [0.15, 0.2) is 22.7 Å². The molecule has 0 amide bonds. The molecule has 0 saturated heterocycles. The third-order valence-corrected chi connectivity index (χ3v) is 2.53. The second-order valence-corrected chi connectivity index (χ2v) is 3.79. The Kier molecular flexibility index (Phi) is 6.09.